The third-order valence-electron chi connectivity index (χ3n) is 5.47. The highest BCUT2D eigenvalue weighted by atomic mass is 35.5. The van der Waals surface area contributed by atoms with Crippen LogP contribution >= 0.6 is 11.6 Å². The van der Waals surface area contributed by atoms with Crippen molar-refractivity contribution in [3.8, 4) is 0 Å². The van der Waals surface area contributed by atoms with Gasteiger partial charge in [-0.2, -0.15) is 0 Å². The van der Waals surface area contributed by atoms with Gasteiger partial charge in [0, 0.05) is 43.3 Å². The number of benzene rings is 1. The molecule has 8 heteroatoms. The zero-order valence-corrected chi connectivity index (χ0v) is 16.4. The van der Waals surface area contributed by atoms with Gasteiger partial charge in [-0.15, -0.1) is 0 Å². The summed E-state index contributed by atoms with van der Waals surface area (Å²) in [5.41, 5.74) is 0.367. The van der Waals surface area contributed by atoms with Crippen molar-refractivity contribution < 1.29 is 14.3 Å². The third-order valence-corrected chi connectivity index (χ3v) is 5.70. The second-order valence-electron chi connectivity index (χ2n) is 7.43. The van der Waals surface area contributed by atoms with Crippen molar-refractivity contribution in [3.63, 3.8) is 0 Å². The number of hydrogen-bond acceptors (Lipinski definition) is 4. The van der Waals surface area contributed by atoms with E-state index < -0.39 is 5.60 Å². The molecule has 0 spiro atoms. The maximum atomic E-state index is 13.2. The molecule has 2 amide bonds. The number of urea groups is 1. The van der Waals surface area contributed by atoms with Gasteiger partial charge in [0.1, 0.15) is 11.6 Å². The second kappa shape index (κ2) is 7.22. The lowest BCUT2D eigenvalue weighted by atomic mass is 9.87. The Morgan fingerprint density at radius 3 is 2.61 bits per heavy atom. The van der Waals surface area contributed by atoms with E-state index in [-0.39, 0.29) is 11.8 Å². The van der Waals surface area contributed by atoms with Crippen molar-refractivity contribution >= 4 is 29.1 Å². The van der Waals surface area contributed by atoms with E-state index in [0.717, 1.165) is 0 Å². The highest BCUT2D eigenvalue weighted by molar-refractivity contribution is 6.30. The minimum Gasteiger partial charge on any atom is -0.385 e. The second-order valence-corrected chi connectivity index (χ2v) is 7.86. The van der Waals surface area contributed by atoms with Crippen LogP contribution in [0.25, 0.3) is 0 Å². The summed E-state index contributed by atoms with van der Waals surface area (Å²) in [6.07, 6.45) is 1.65. The zero-order chi connectivity index (χ0) is 19.9. The Bertz CT molecular complexity index is 882. The molecule has 4 rings (SSSR count). The van der Waals surface area contributed by atoms with Crippen LogP contribution in [0.4, 0.5) is 20.7 Å². The first-order valence-corrected chi connectivity index (χ1v) is 9.68. The fourth-order valence-electron chi connectivity index (χ4n) is 3.81. The highest BCUT2D eigenvalue weighted by Crippen LogP contribution is 2.40. The molecule has 0 saturated carbocycles. The molecule has 6 nitrogen and oxygen atoms in total. The summed E-state index contributed by atoms with van der Waals surface area (Å²) in [6.45, 7) is 4.55. The molecule has 1 aromatic carbocycles. The molecule has 1 aromatic heterocycles. The lowest BCUT2D eigenvalue weighted by Crippen LogP contribution is -2.55. The number of piperazine rings is 1. The Balaban J connectivity index is 1.48. The summed E-state index contributed by atoms with van der Waals surface area (Å²) in [5, 5.41) is 11.2. The number of pyridine rings is 1. The quantitative estimate of drug-likeness (QED) is 0.792. The summed E-state index contributed by atoms with van der Waals surface area (Å²) < 4.78 is 13.1. The van der Waals surface area contributed by atoms with Gasteiger partial charge >= 0.3 is 6.03 Å². The van der Waals surface area contributed by atoms with Crippen molar-refractivity contribution in [2.45, 2.75) is 18.9 Å². The lowest BCUT2D eigenvalue weighted by molar-refractivity contribution is 0.0458. The standard InChI is InChI=1S/C20H22ClFN4O2/c1-20(28)6-7-26(17-4-2-14(21)12-16(17)20)19(27)25-10-8-24(9-11-25)18-5-3-15(22)13-23-18/h2-5,12-13,28H,6-11H2,1H3. The molecule has 2 aliphatic rings. The summed E-state index contributed by atoms with van der Waals surface area (Å²) in [4.78, 5) is 22.8. The number of aliphatic hydroxyl groups is 1. The minimum absolute atomic E-state index is 0.0780. The molecule has 1 N–H and O–H groups in total. The summed E-state index contributed by atoms with van der Waals surface area (Å²) >= 11 is 6.10. The predicted octanol–water partition coefficient (Wildman–Crippen LogP) is 3.23. The van der Waals surface area contributed by atoms with E-state index in [1.807, 2.05) is 4.90 Å². The van der Waals surface area contributed by atoms with Crippen molar-refractivity contribution in [1.29, 1.82) is 0 Å². The first kappa shape index (κ1) is 19.0. The number of aromatic nitrogens is 1. The number of fused-ring (bicyclic) bond motifs is 1. The van der Waals surface area contributed by atoms with E-state index >= 15 is 0 Å². The monoisotopic (exact) mass is 404 g/mol. The van der Waals surface area contributed by atoms with Crippen LogP contribution in [0.3, 0.4) is 0 Å². The molecule has 1 atom stereocenters. The number of amides is 2. The van der Waals surface area contributed by atoms with Crippen LogP contribution in [-0.4, -0.2) is 53.7 Å². The maximum absolute atomic E-state index is 13.2. The lowest BCUT2D eigenvalue weighted by Gasteiger charge is -2.42. The van der Waals surface area contributed by atoms with Crippen LogP contribution < -0.4 is 9.80 Å². The van der Waals surface area contributed by atoms with Crippen molar-refractivity contribution in [2.24, 2.45) is 0 Å². The number of anilines is 2. The van der Waals surface area contributed by atoms with E-state index in [9.17, 15) is 14.3 Å². The van der Waals surface area contributed by atoms with Gasteiger partial charge in [-0.3, -0.25) is 4.90 Å². The average molecular weight is 405 g/mol. The Kier molecular flexibility index (Phi) is 4.89. The first-order valence-electron chi connectivity index (χ1n) is 9.30. The van der Waals surface area contributed by atoms with Crippen LogP contribution in [0.15, 0.2) is 36.5 Å². The maximum Gasteiger partial charge on any atom is 0.324 e. The fourth-order valence-corrected chi connectivity index (χ4v) is 3.98. The number of hydrogen-bond donors (Lipinski definition) is 1. The molecule has 148 valence electrons. The Hall–Kier alpha value is -2.38. The van der Waals surface area contributed by atoms with E-state index in [1.165, 1.54) is 12.3 Å². The van der Waals surface area contributed by atoms with Gasteiger partial charge in [0.05, 0.1) is 17.5 Å². The average Bonchev–Trinajstić information content (AvgIpc) is 2.69. The Morgan fingerprint density at radius 1 is 1.18 bits per heavy atom. The van der Waals surface area contributed by atoms with Crippen LogP contribution in [0.2, 0.25) is 5.02 Å². The molecule has 0 bridgehead atoms. The van der Waals surface area contributed by atoms with Gasteiger partial charge in [-0.1, -0.05) is 11.6 Å². The molecule has 3 heterocycles. The summed E-state index contributed by atoms with van der Waals surface area (Å²) in [7, 11) is 0. The van der Waals surface area contributed by atoms with E-state index in [2.05, 4.69) is 4.98 Å². The summed E-state index contributed by atoms with van der Waals surface area (Å²) in [6, 6.07) is 8.23. The first-order chi connectivity index (χ1) is 13.3. The molecule has 1 fully saturated rings. The number of carbonyl (C=O) groups is 1. The molecule has 2 aliphatic heterocycles. The molecule has 0 radical (unpaired) electrons. The normalized spacial score (nSPS) is 22.2. The van der Waals surface area contributed by atoms with Crippen molar-refractivity contribution in [3.05, 3.63) is 52.9 Å². The van der Waals surface area contributed by atoms with Gasteiger partial charge in [0.25, 0.3) is 0 Å². The van der Waals surface area contributed by atoms with Crippen LogP contribution in [0.5, 0.6) is 0 Å². The third kappa shape index (κ3) is 3.52. The molecule has 0 aliphatic carbocycles. The number of carbonyl (C=O) groups excluding carboxylic acids is 1. The zero-order valence-electron chi connectivity index (χ0n) is 15.6. The molecular weight excluding hydrogens is 383 g/mol. The van der Waals surface area contributed by atoms with Gasteiger partial charge in [0.15, 0.2) is 0 Å². The molecule has 1 saturated heterocycles. The van der Waals surface area contributed by atoms with Crippen LogP contribution in [0, 0.1) is 5.82 Å². The minimum atomic E-state index is -1.01. The Labute approximate surface area is 168 Å². The predicted molar refractivity (Wildman–Crippen MR) is 106 cm³/mol. The van der Waals surface area contributed by atoms with Crippen LogP contribution in [-0.2, 0) is 5.60 Å². The Morgan fingerprint density at radius 2 is 1.93 bits per heavy atom. The van der Waals surface area contributed by atoms with Crippen molar-refractivity contribution in [1.82, 2.24) is 9.88 Å². The molecular formula is C20H22ClFN4O2. The SMILES string of the molecule is CC1(O)CCN(C(=O)N2CCN(c3ccc(F)cn3)CC2)c2ccc(Cl)cc21. The highest BCUT2D eigenvalue weighted by Gasteiger charge is 2.37. The fraction of sp³-hybridized carbons (Fsp3) is 0.400. The van der Waals surface area contributed by atoms with Gasteiger partial charge in [0.2, 0.25) is 0 Å². The number of nitrogens with zero attached hydrogens (tertiary/aromatic N) is 4. The van der Waals surface area contributed by atoms with Crippen LogP contribution in [0.1, 0.15) is 18.9 Å². The summed E-state index contributed by atoms with van der Waals surface area (Å²) in [5.74, 6) is 0.347. The number of rotatable bonds is 1. The topological polar surface area (TPSA) is 59.9 Å². The number of halogens is 2. The van der Waals surface area contributed by atoms with E-state index in [0.29, 0.717) is 61.2 Å². The molecule has 1 unspecified atom stereocenters. The van der Waals surface area contributed by atoms with E-state index in [4.69, 9.17) is 11.6 Å². The molecule has 28 heavy (non-hydrogen) atoms. The van der Waals surface area contributed by atoms with E-state index in [1.54, 1.807) is 41.0 Å². The van der Waals surface area contributed by atoms with Crippen molar-refractivity contribution in [2.75, 3.05) is 42.5 Å². The largest absolute Gasteiger partial charge is 0.385 e. The van der Waals surface area contributed by atoms with Gasteiger partial charge in [-0.25, -0.2) is 14.2 Å². The van der Waals surface area contributed by atoms with Gasteiger partial charge < -0.3 is 14.9 Å². The molecule has 2 aromatic rings. The van der Waals surface area contributed by atoms with Gasteiger partial charge in [-0.05, 0) is 43.7 Å². The smallest absolute Gasteiger partial charge is 0.324 e.